The number of hydrogen-bond acceptors (Lipinski definition) is 0. The molecule has 4 aliphatic carbocycles. The van der Waals surface area contributed by atoms with Gasteiger partial charge in [0.05, 0.1) is 0 Å². The summed E-state index contributed by atoms with van der Waals surface area (Å²) >= 11 is 0. The molecule has 0 radical (unpaired) electrons. The highest BCUT2D eigenvalue weighted by Gasteiger charge is 2.49. The fourth-order valence-corrected chi connectivity index (χ4v) is 7.63. The minimum Gasteiger partial charge on any atom is -0.0622 e. The van der Waals surface area contributed by atoms with Gasteiger partial charge in [0.2, 0.25) is 0 Å². The molecule has 0 nitrogen and oxygen atoms in total. The van der Waals surface area contributed by atoms with Crippen molar-refractivity contribution in [3.05, 3.63) is 156 Å². The summed E-state index contributed by atoms with van der Waals surface area (Å²) in [6.45, 7) is 0. The summed E-state index contributed by atoms with van der Waals surface area (Å²) in [6, 6.07) is 40.0. The van der Waals surface area contributed by atoms with Gasteiger partial charge < -0.3 is 0 Å². The number of allylic oxidation sites excluding steroid dienone is 8. The summed E-state index contributed by atoms with van der Waals surface area (Å²) in [5.41, 5.74) is 16.9. The molecule has 0 aliphatic heterocycles. The fourth-order valence-electron chi connectivity index (χ4n) is 7.63. The molecule has 0 amide bonds. The maximum Gasteiger partial charge on any atom is 0.0212 e. The van der Waals surface area contributed by atoms with Gasteiger partial charge in [-0.05, 0) is 77.6 Å². The monoisotopic (exact) mass is 480 g/mol. The molecule has 0 bridgehead atoms. The predicted molar refractivity (Wildman–Crippen MR) is 160 cm³/mol. The zero-order chi connectivity index (χ0) is 24.8. The minimum absolute atomic E-state index is 0.346. The lowest BCUT2D eigenvalue weighted by molar-refractivity contribution is 0.758. The van der Waals surface area contributed by atoms with Gasteiger partial charge in [-0.2, -0.15) is 0 Å². The lowest BCUT2D eigenvalue weighted by Crippen LogP contribution is -2.17. The molecule has 0 heteroatoms. The second kappa shape index (κ2) is 7.43. The highest BCUT2D eigenvalue weighted by molar-refractivity contribution is 6.20. The molecule has 5 aromatic rings. The fraction of sp³-hybridized carbons (Fsp3) is 0.0526. The normalized spacial score (nSPS) is 19.7. The van der Waals surface area contributed by atoms with E-state index >= 15 is 0 Å². The third kappa shape index (κ3) is 2.50. The molecule has 9 rings (SSSR count). The van der Waals surface area contributed by atoms with E-state index in [4.69, 9.17) is 0 Å². The maximum absolute atomic E-state index is 2.44. The standard InChI is InChI=1S/C38H24/c1-3-11-23(12-4-1)33-27-17-9-10-18-28(27)34(24-13-5-2-6-14-24)38-32-22-20-30-26-16-8-7-15-25(26)29-19-21-31(37(33)38)36(32)35(29)30/h1-22,35-36H. The summed E-state index contributed by atoms with van der Waals surface area (Å²) in [4.78, 5) is 0. The van der Waals surface area contributed by atoms with Crippen molar-refractivity contribution < 1.29 is 0 Å². The Balaban J connectivity index is 1.46. The van der Waals surface area contributed by atoms with Gasteiger partial charge in [0.15, 0.2) is 0 Å². The molecule has 0 heterocycles. The Labute approximate surface area is 222 Å². The average Bonchev–Trinajstić information content (AvgIpc) is 3.49. The number of benzene rings is 5. The van der Waals surface area contributed by atoms with Crippen LogP contribution in [0.1, 0.15) is 22.3 Å². The Kier molecular flexibility index (Phi) is 3.99. The molecule has 0 saturated heterocycles. The largest absolute Gasteiger partial charge is 0.0622 e. The Morgan fingerprint density at radius 3 is 1.16 bits per heavy atom. The van der Waals surface area contributed by atoms with Crippen molar-refractivity contribution in [2.75, 3.05) is 0 Å². The van der Waals surface area contributed by atoms with Crippen molar-refractivity contribution in [1.82, 2.24) is 0 Å². The summed E-state index contributed by atoms with van der Waals surface area (Å²) in [7, 11) is 0. The second-order valence-corrected chi connectivity index (χ2v) is 10.8. The highest BCUT2D eigenvalue weighted by Crippen LogP contribution is 2.65. The number of rotatable bonds is 2. The van der Waals surface area contributed by atoms with Crippen molar-refractivity contribution in [3.63, 3.8) is 0 Å². The smallest absolute Gasteiger partial charge is 0.0212 e. The van der Waals surface area contributed by atoms with Crippen LogP contribution in [-0.2, 0) is 0 Å². The molecule has 38 heavy (non-hydrogen) atoms. The zero-order valence-corrected chi connectivity index (χ0v) is 20.9. The van der Waals surface area contributed by atoms with E-state index in [1.54, 1.807) is 0 Å². The molecule has 0 spiro atoms. The van der Waals surface area contributed by atoms with Gasteiger partial charge in [-0.3, -0.25) is 0 Å². The molecule has 0 fully saturated rings. The summed E-state index contributed by atoms with van der Waals surface area (Å²) in [5, 5.41) is 2.66. The molecule has 5 aromatic carbocycles. The average molecular weight is 481 g/mol. The summed E-state index contributed by atoms with van der Waals surface area (Å²) in [5.74, 6) is 0.731. The van der Waals surface area contributed by atoms with Gasteiger partial charge in [0.25, 0.3) is 0 Å². The Bertz CT molecular complexity index is 1800. The van der Waals surface area contributed by atoms with Crippen molar-refractivity contribution in [3.8, 4) is 22.3 Å². The first kappa shape index (κ1) is 20.4. The third-order valence-electron chi connectivity index (χ3n) is 9.03. The third-order valence-corrected chi connectivity index (χ3v) is 9.03. The number of fused-ring (bicyclic) bond motifs is 7. The number of hydrogen-bond donors (Lipinski definition) is 0. The van der Waals surface area contributed by atoms with Crippen LogP contribution in [0.3, 0.4) is 0 Å². The van der Waals surface area contributed by atoms with Crippen LogP contribution in [0.4, 0.5) is 0 Å². The molecule has 0 saturated carbocycles. The second-order valence-electron chi connectivity index (χ2n) is 10.8. The minimum atomic E-state index is 0.346. The maximum atomic E-state index is 2.44. The lowest BCUT2D eigenvalue weighted by atomic mass is 9.72. The van der Waals surface area contributed by atoms with E-state index in [1.165, 1.54) is 77.6 Å². The van der Waals surface area contributed by atoms with Gasteiger partial charge in [-0.1, -0.05) is 133 Å². The first-order valence-electron chi connectivity index (χ1n) is 13.5. The van der Waals surface area contributed by atoms with E-state index in [1.807, 2.05) is 0 Å². The van der Waals surface area contributed by atoms with Crippen molar-refractivity contribution in [2.45, 2.75) is 0 Å². The summed E-state index contributed by atoms with van der Waals surface area (Å²) in [6.07, 6.45) is 9.72. The van der Waals surface area contributed by atoms with Crippen LogP contribution < -0.4 is 0 Å². The Hall–Kier alpha value is -4.68. The van der Waals surface area contributed by atoms with Crippen LogP contribution in [0.15, 0.2) is 133 Å². The molecule has 176 valence electrons. The van der Waals surface area contributed by atoms with Crippen LogP contribution in [0.25, 0.3) is 55.3 Å². The first-order valence-corrected chi connectivity index (χ1v) is 13.5. The van der Waals surface area contributed by atoms with Gasteiger partial charge in [-0.25, -0.2) is 0 Å². The van der Waals surface area contributed by atoms with E-state index in [-0.39, 0.29) is 0 Å². The van der Waals surface area contributed by atoms with Crippen molar-refractivity contribution in [2.24, 2.45) is 11.8 Å². The molecule has 0 unspecified atom stereocenters. The molecule has 4 aliphatic rings. The van der Waals surface area contributed by atoms with Crippen LogP contribution in [0.5, 0.6) is 0 Å². The van der Waals surface area contributed by atoms with E-state index in [2.05, 4.69) is 133 Å². The lowest BCUT2D eigenvalue weighted by Gasteiger charge is -2.31. The van der Waals surface area contributed by atoms with Gasteiger partial charge in [0, 0.05) is 11.8 Å². The first-order chi connectivity index (χ1) is 18.9. The zero-order valence-electron chi connectivity index (χ0n) is 20.9. The summed E-state index contributed by atoms with van der Waals surface area (Å²) < 4.78 is 0. The quantitative estimate of drug-likeness (QED) is 0.236. The van der Waals surface area contributed by atoms with Gasteiger partial charge >= 0.3 is 0 Å². The van der Waals surface area contributed by atoms with E-state index in [9.17, 15) is 0 Å². The van der Waals surface area contributed by atoms with E-state index < -0.39 is 0 Å². The van der Waals surface area contributed by atoms with Gasteiger partial charge in [0.1, 0.15) is 0 Å². The van der Waals surface area contributed by atoms with E-state index in [0.29, 0.717) is 11.8 Å². The molecular formula is C38H24. The highest BCUT2D eigenvalue weighted by atomic mass is 14.5. The topological polar surface area (TPSA) is 0 Å². The molecular weight excluding hydrogens is 456 g/mol. The van der Waals surface area contributed by atoms with Crippen LogP contribution in [-0.4, -0.2) is 0 Å². The Morgan fingerprint density at radius 1 is 0.316 bits per heavy atom. The van der Waals surface area contributed by atoms with Crippen molar-refractivity contribution >= 4 is 33.1 Å². The van der Waals surface area contributed by atoms with Crippen LogP contribution >= 0.6 is 0 Å². The van der Waals surface area contributed by atoms with Crippen LogP contribution in [0, 0.1) is 11.8 Å². The van der Waals surface area contributed by atoms with E-state index in [0.717, 1.165) is 0 Å². The Morgan fingerprint density at radius 2 is 0.684 bits per heavy atom. The molecule has 0 aromatic heterocycles. The molecule has 0 N–H and O–H groups in total. The SMILES string of the molecule is C1=C2c3ccccc3C3=CC=C4c5c(c(-c6ccccc6)c6ccccc6c5-c5ccccc5)C(=C1)C4C23. The van der Waals surface area contributed by atoms with Gasteiger partial charge in [-0.15, -0.1) is 0 Å². The molecule has 0 atom stereocenters. The van der Waals surface area contributed by atoms with Crippen molar-refractivity contribution in [1.29, 1.82) is 0 Å². The van der Waals surface area contributed by atoms with Crippen LogP contribution in [0.2, 0.25) is 0 Å². The predicted octanol–water partition coefficient (Wildman–Crippen LogP) is 9.69.